The highest BCUT2D eigenvalue weighted by atomic mass is 19.4. The maximum atomic E-state index is 12.8. The first kappa shape index (κ1) is 25.5. The topological polar surface area (TPSA) is 104 Å². The van der Waals surface area contributed by atoms with Gasteiger partial charge in [0.1, 0.15) is 17.1 Å². The molecule has 186 valence electrons. The first-order chi connectivity index (χ1) is 16.5. The van der Waals surface area contributed by atoms with Gasteiger partial charge in [-0.05, 0) is 48.9 Å². The van der Waals surface area contributed by atoms with Crippen LogP contribution >= 0.6 is 0 Å². The average Bonchev–Trinajstić information content (AvgIpc) is 3.26. The zero-order valence-corrected chi connectivity index (χ0v) is 19.0. The number of aliphatic carboxylic acids is 1. The van der Waals surface area contributed by atoms with Crippen LogP contribution in [0.5, 0.6) is 5.75 Å². The molecule has 3 aromatic rings. The van der Waals surface area contributed by atoms with Crippen LogP contribution in [0.1, 0.15) is 26.4 Å². The van der Waals surface area contributed by atoms with E-state index >= 15 is 0 Å². The van der Waals surface area contributed by atoms with Crippen molar-refractivity contribution in [3.63, 3.8) is 0 Å². The molecule has 0 unspecified atom stereocenters. The Kier molecular flexibility index (Phi) is 7.62. The molecule has 2 aromatic heterocycles. The highest BCUT2D eigenvalue weighted by Crippen LogP contribution is 2.16. The number of nitrogens with zero attached hydrogens (tertiary/aromatic N) is 4. The first-order valence-corrected chi connectivity index (χ1v) is 10.5. The largest absolute Gasteiger partial charge is 0.497 e. The number of pyridine rings is 1. The van der Waals surface area contributed by atoms with Crippen LogP contribution in [0.15, 0.2) is 48.8 Å². The summed E-state index contributed by atoms with van der Waals surface area (Å²) in [6.45, 7) is 3.99. The normalized spacial score (nSPS) is 13.7. The van der Waals surface area contributed by atoms with E-state index in [4.69, 9.17) is 14.6 Å². The van der Waals surface area contributed by atoms with Crippen LogP contribution in [0, 0.1) is 6.92 Å². The molecule has 0 atom stereocenters. The van der Waals surface area contributed by atoms with Crippen molar-refractivity contribution in [2.45, 2.75) is 13.1 Å². The molecule has 1 N–H and O–H groups in total. The summed E-state index contributed by atoms with van der Waals surface area (Å²) in [5.41, 5.74) is 2.91. The van der Waals surface area contributed by atoms with Crippen molar-refractivity contribution in [1.82, 2.24) is 19.2 Å². The third kappa shape index (κ3) is 6.28. The predicted octanol–water partition coefficient (Wildman–Crippen LogP) is 2.88. The number of piperazine rings is 1. The van der Waals surface area contributed by atoms with Crippen LogP contribution in [-0.4, -0.2) is 81.5 Å². The summed E-state index contributed by atoms with van der Waals surface area (Å²) in [6, 6.07) is 11.0. The molecule has 0 spiro atoms. The van der Waals surface area contributed by atoms with E-state index in [9.17, 15) is 22.8 Å². The number of imidazole rings is 1. The molecule has 0 radical (unpaired) electrons. The van der Waals surface area contributed by atoms with Gasteiger partial charge in [0, 0.05) is 44.1 Å². The maximum Gasteiger partial charge on any atom is 0.490 e. The Hall–Kier alpha value is -4.09. The van der Waals surface area contributed by atoms with Crippen molar-refractivity contribution in [2.24, 2.45) is 0 Å². The third-order valence-electron chi connectivity index (χ3n) is 5.27. The standard InChI is InChI=1S/C21H22N4O3.C2HF3O2/c1-15-7-8-25-14-18(22-19(25)13-15)21(27)24-11-9-23(10-12-24)20(26)16-3-5-17(28-2)6-4-16;3-2(4,5)1(6)7/h3-8,13-14H,9-12H2,1-2H3;(H,6,7). The van der Waals surface area contributed by atoms with Crippen LogP contribution in [0.3, 0.4) is 0 Å². The highest BCUT2D eigenvalue weighted by Gasteiger charge is 2.38. The van der Waals surface area contributed by atoms with Crippen molar-refractivity contribution in [1.29, 1.82) is 0 Å². The van der Waals surface area contributed by atoms with Crippen LogP contribution in [0.4, 0.5) is 13.2 Å². The number of ether oxygens (including phenoxy) is 1. The number of carboxylic acids is 1. The number of aromatic nitrogens is 2. The van der Waals surface area contributed by atoms with Crippen molar-refractivity contribution in [3.05, 3.63) is 65.6 Å². The monoisotopic (exact) mass is 492 g/mol. The van der Waals surface area contributed by atoms with Crippen LogP contribution in [0.25, 0.3) is 5.65 Å². The smallest absolute Gasteiger partial charge is 0.490 e. The van der Waals surface area contributed by atoms with E-state index in [2.05, 4.69) is 4.98 Å². The molecule has 1 fully saturated rings. The molecule has 2 amide bonds. The second kappa shape index (κ2) is 10.5. The number of hydrogen-bond acceptors (Lipinski definition) is 5. The zero-order valence-electron chi connectivity index (χ0n) is 19.0. The molecular weight excluding hydrogens is 469 g/mol. The Morgan fingerprint density at radius 2 is 1.51 bits per heavy atom. The van der Waals surface area contributed by atoms with E-state index in [1.165, 1.54) is 0 Å². The van der Waals surface area contributed by atoms with Gasteiger partial charge < -0.3 is 24.0 Å². The molecular formula is C23H23F3N4O5. The van der Waals surface area contributed by atoms with Gasteiger partial charge in [0.25, 0.3) is 11.8 Å². The fraction of sp³-hybridized carbons (Fsp3) is 0.304. The summed E-state index contributed by atoms with van der Waals surface area (Å²) in [7, 11) is 1.59. The molecule has 3 heterocycles. The molecule has 0 bridgehead atoms. The zero-order chi connectivity index (χ0) is 25.8. The van der Waals surface area contributed by atoms with Crippen LogP contribution < -0.4 is 4.74 Å². The Morgan fingerprint density at radius 3 is 2.03 bits per heavy atom. The van der Waals surface area contributed by atoms with E-state index in [1.54, 1.807) is 47.4 Å². The third-order valence-corrected chi connectivity index (χ3v) is 5.27. The molecule has 1 aliphatic heterocycles. The van der Waals surface area contributed by atoms with E-state index in [1.807, 2.05) is 29.7 Å². The number of carboxylic acid groups (broad SMARTS) is 1. The van der Waals surface area contributed by atoms with Gasteiger partial charge in [-0.15, -0.1) is 0 Å². The Balaban J connectivity index is 0.000000429. The fourth-order valence-corrected chi connectivity index (χ4v) is 3.38. The number of carbonyl (C=O) groups excluding carboxylic acids is 2. The Morgan fingerprint density at radius 1 is 0.971 bits per heavy atom. The van der Waals surface area contributed by atoms with Crippen LogP contribution in [-0.2, 0) is 4.79 Å². The van der Waals surface area contributed by atoms with E-state index in [0.717, 1.165) is 17.0 Å². The molecule has 4 rings (SSSR count). The molecule has 35 heavy (non-hydrogen) atoms. The molecule has 12 heteroatoms. The highest BCUT2D eigenvalue weighted by molar-refractivity contribution is 5.95. The van der Waals surface area contributed by atoms with Crippen molar-refractivity contribution in [3.8, 4) is 5.75 Å². The summed E-state index contributed by atoms with van der Waals surface area (Å²) in [6.07, 6.45) is -1.42. The van der Waals surface area contributed by atoms with Gasteiger partial charge >= 0.3 is 12.1 Å². The number of aryl methyl sites for hydroxylation is 1. The number of fused-ring (bicyclic) bond motifs is 1. The number of halogens is 3. The summed E-state index contributed by atoms with van der Waals surface area (Å²) in [4.78, 5) is 42.3. The maximum absolute atomic E-state index is 12.8. The van der Waals surface area contributed by atoms with E-state index in [0.29, 0.717) is 37.4 Å². The molecule has 1 aromatic carbocycles. The minimum absolute atomic E-state index is 0.0297. The second-order valence-corrected chi connectivity index (χ2v) is 7.71. The van der Waals surface area contributed by atoms with Gasteiger partial charge in [0.05, 0.1) is 7.11 Å². The minimum atomic E-state index is -5.08. The number of benzene rings is 1. The van der Waals surface area contributed by atoms with Gasteiger partial charge in [-0.25, -0.2) is 9.78 Å². The quantitative estimate of drug-likeness (QED) is 0.603. The molecule has 0 saturated carbocycles. The molecule has 1 saturated heterocycles. The van der Waals surface area contributed by atoms with Gasteiger partial charge in [0.2, 0.25) is 0 Å². The average molecular weight is 492 g/mol. The summed E-state index contributed by atoms with van der Waals surface area (Å²) >= 11 is 0. The molecule has 9 nitrogen and oxygen atoms in total. The summed E-state index contributed by atoms with van der Waals surface area (Å²) in [5, 5.41) is 7.12. The van der Waals surface area contributed by atoms with Gasteiger partial charge in [-0.2, -0.15) is 13.2 Å². The number of alkyl halides is 3. The number of rotatable bonds is 3. The van der Waals surface area contributed by atoms with Gasteiger partial charge in [0.15, 0.2) is 0 Å². The van der Waals surface area contributed by atoms with E-state index in [-0.39, 0.29) is 11.8 Å². The Bertz CT molecular complexity index is 1220. The van der Waals surface area contributed by atoms with Gasteiger partial charge in [-0.1, -0.05) is 0 Å². The fourth-order valence-electron chi connectivity index (χ4n) is 3.38. The molecule has 1 aliphatic rings. The Labute approximate surface area is 198 Å². The van der Waals surface area contributed by atoms with Crippen molar-refractivity contribution < 1.29 is 37.4 Å². The lowest BCUT2D eigenvalue weighted by atomic mass is 10.1. The van der Waals surface area contributed by atoms with Gasteiger partial charge in [-0.3, -0.25) is 9.59 Å². The van der Waals surface area contributed by atoms with Crippen molar-refractivity contribution in [2.75, 3.05) is 33.3 Å². The number of amides is 2. The minimum Gasteiger partial charge on any atom is -0.497 e. The lowest BCUT2D eigenvalue weighted by Gasteiger charge is -2.34. The molecule has 0 aliphatic carbocycles. The lowest BCUT2D eigenvalue weighted by Crippen LogP contribution is -2.50. The van der Waals surface area contributed by atoms with Crippen LogP contribution in [0.2, 0.25) is 0 Å². The first-order valence-electron chi connectivity index (χ1n) is 10.5. The SMILES string of the molecule is COc1ccc(C(=O)N2CCN(C(=O)c3cn4ccc(C)cc4n3)CC2)cc1.O=C(O)C(F)(F)F. The summed E-state index contributed by atoms with van der Waals surface area (Å²) < 4.78 is 38.7. The number of hydrogen-bond donors (Lipinski definition) is 1. The van der Waals surface area contributed by atoms with Crippen molar-refractivity contribution >= 4 is 23.4 Å². The predicted molar refractivity (Wildman–Crippen MR) is 118 cm³/mol. The van der Waals surface area contributed by atoms with E-state index < -0.39 is 12.1 Å². The summed E-state index contributed by atoms with van der Waals surface area (Å²) in [5.74, 6) is -2.17. The lowest BCUT2D eigenvalue weighted by molar-refractivity contribution is -0.192. The number of methoxy groups -OCH3 is 1. The second-order valence-electron chi connectivity index (χ2n) is 7.71. The number of carbonyl (C=O) groups is 3.